The fourth-order valence-corrected chi connectivity index (χ4v) is 3.06. The molecule has 0 atom stereocenters. The van der Waals surface area contributed by atoms with Crippen LogP contribution in [0.1, 0.15) is 16.7 Å². The number of hydrogen-bond acceptors (Lipinski definition) is 1. The molecule has 2 nitrogen and oxygen atoms in total. The first-order valence-electron chi connectivity index (χ1n) is 8.26. The second-order valence-corrected chi connectivity index (χ2v) is 6.17. The van der Waals surface area contributed by atoms with Crippen LogP contribution in [0.15, 0.2) is 72.9 Å². The molecule has 0 unspecified atom stereocenters. The van der Waals surface area contributed by atoms with E-state index >= 15 is 0 Å². The van der Waals surface area contributed by atoms with Crippen LogP contribution in [0.3, 0.4) is 0 Å². The van der Waals surface area contributed by atoms with E-state index in [4.69, 9.17) is 0 Å². The molecule has 1 heterocycles. The van der Waals surface area contributed by atoms with E-state index in [1.165, 1.54) is 11.1 Å². The van der Waals surface area contributed by atoms with Gasteiger partial charge in [0.05, 0.1) is 0 Å². The molecule has 0 saturated carbocycles. The smallest absolute Gasteiger partial charge is 0.212 e. The van der Waals surface area contributed by atoms with Crippen LogP contribution in [0.2, 0.25) is 0 Å². The molecule has 2 aromatic carbocycles. The molecule has 3 heteroatoms. The van der Waals surface area contributed by atoms with Crippen molar-refractivity contribution in [3.63, 3.8) is 0 Å². The third-order valence-electron chi connectivity index (χ3n) is 4.38. The van der Waals surface area contributed by atoms with Gasteiger partial charge in [-0.15, -0.1) is 0 Å². The third-order valence-corrected chi connectivity index (χ3v) is 4.38. The van der Waals surface area contributed by atoms with Gasteiger partial charge in [0.2, 0.25) is 18.0 Å². The largest absolute Gasteiger partial charge is 0.292 e. The van der Waals surface area contributed by atoms with Crippen LogP contribution >= 0.6 is 0 Å². The number of aryl methyl sites for hydroxylation is 2. The zero-order chi connectivity index (χ0) is 16.9. The zero-order valence-corrected chi connectivity index (χ0v) is 17.6. The molecule has 3 aromatic rings. The Kier molecular flexibility index (Phi) is 7.22. The first kappa shape index (κ1) is 19.7. The van der Waals surface area contributed by atoms with Gasteiger partial charge in [-0.25, -0.2) is 0 Å². The first-order chi connectivity index (χ1) is 11.6. The Bertz CT molecular complexity index is 839. The minimum Gasteiger partial charge on any atom is -0.292 e. The third kappa shape index (κ3) is 4.93. The van der Waals surface area contributed by atoms with Crippen LogP contribution < -0.4 is 4.57 Å². The fourth-order valence-electron chi connectivity index (χ4n) is 3.06. The number of benzene rings is 2. The molecule has 0 aliphatic heterocycles. The molecular weight excluding hydrogens is 383 g/mol. The monoisotopic (exact) mass is 405 g/mol. The van der Waals surface area contributed by atoms with Crippen LogP contribution in [0, 0.1) is 13.8 Å². The van der Waals surface area contributed by atoms with Crippen molar-refractivity contribution in [2.45, 2.75) is 26.8 Å². The SMILES string of the molecule is Cc1cccc(C)c1CC(=O)C[n+]1ccccc1-c1ccccc1.[Y]. The van der Waals surface area contributed by atoms with Gasteiger partial charge in [0.15, 0.2) is 6.20 Å². The first-order valence-corrected chi connectivity index (χ1v) is 8.26. The quantitative estimate of drug-likeness (QED) is 0.587. The number of rotatable bonds is 5. The number of nitrogens with zero attached hydrogens (tertiary/aromatic N) is 1. The Morgan fingerprint density at radius 3 is 2.16 bits per heavy atom. The summed E-state index contributed by atoms with van der Waals surface area (Å²) in [4.78, 5) is 12.6. The van der Waals surface area contributed by atoms with Crippen LogP contribution in [0.4, 0.5) is 0 Å². The second-order valence-electron chi connectivity index (χ2n) is 6.17. The van der Waals surface area contributed by atoms with Gasteiger partial charge < -0.3 is 0 Å². The number of carbonyl (C=O) groups is 1. The van der Waals surface area contributed by atoms with Crippen molar-refractivity contribution in [2.24, 2.45) is 0 Å². The standard InChI is InChI=1S/C22H22NO.Y/c1-17-9-8-10-18(2)21(17)15-20(24)16-23-14-7-6-13-22(23)19-11-4-3-5-12-19;/h3-14H,15-16H2,1-2H3;/q+1;. The maximum Gasteiger partial charge on any atom is 0.212 e. The molecule has 0 fully saturated rings. The van der Waals surface area contributed by atoms with Gasteiger partial charge >= 0.3 is 0 Å². The van der Waals surface area contributed by atoms with E-state index < -0.39 is 0 Å². The molecule has 25 heavy (non-hydrogen) atoms. The second kappa shape index (κ2) is 9.17. The number of pyridine rings is 1. The molecule has 1 aromatic heterocycles. The maximum atomic E-state index is 12.6. The summed E-state index contributed by atoms with van der Waals surface area (Å²) in [6.07, 6.45) is 2.46. The summed E-state index contributed by atoms with van der Waals surface area (Å²) in [5.74, 6) is 0.223. The molecular formula is C22H22NOY+. The van der Waals surface area contributed by atoms with Gasteiger partial charge in [0.1, 0.15) is 0 Å². The summed E-state index contributed by atoms with van der Waals surface area (Å²) in [7, 11) is 0. The normalized spacial score (nSPS) is 10.2. The molecule has 0 bridgehead atoms. The summed E-state index contributed by atoms with van der Waals surface area (Å²) >= 11 is 0. The minimum atomic E-state index is 0. The average Bonchev–Trinajstić information content (AvgIpc) is 2.60. The minimum absolute atomic E-state index is 0. The number of Topliss-reactive ketones (excluding diaryl/α,β-unsaturated/α-hetero) is 1. The van der Waals surface area contributed by atoms with Crippen LogP contribution in [0.25, 0.3) is 11.3 Å². The summed E-state index contributed by atoms with van der Waals surface area (Å²) in [5.41, 5.74) is 5.71. The van der Waals surface area contributed by atoms with Crippen LogP contribution in [0.5, 0.6) is 0 Å². The van der Waals surface area contributed by atoms with Gasteiger partial charge in [-0.2, -0.15) is 4.57 Å². The predicted octanol–water partition coefficient (Wildman–Crippen LogP) is 4.07. The predicted molar refractivity (Wildman–Crippen MR) is 96.7 cm³/mol. The van der Waals surface area contributed by atoms with Crippen molar-refractivity contribution in [1.82, 2.24) is 0 Å². The number of ketones is 1. The van der Waals surface area contributed by atoms with Crippen molar-refractivity contribution in [3.8, 4) is 11.3 Å². The van der Waals surface area contributed by atoms with Gasteiger partial charge in [0.25, 0.3) is 0 Å². The molecule has 1 radical (unpaired) electrons. The molecule has 0 saturated heterocycles. The van der Waals surface area contributed by atoms with Crippen LogP contribution in [-0.4, -0.2) is 5.78 Å². The number of carbonyl (C=O) groups excluding carboxylic acids is 1. The number of hydrogen-bond donors (Lipinski definition) is 0. The van der Waals surface area contributed by atoms with E-state index in [1.54, 1.807) is 0 Å². The van der Waals surface area contributed by atoms with E-state index in [0.29, 0.717) is 13.0 Å². The van der Waals surface area contributed by atoms with Crippen molar-refractivity contribution in [2.75, 3.05) is 0 Å². The van der Waals surface area contributed by atoms with E-state index in [2.05, 4.69) is 44.2 Å². The van der Waals surface area contributed by atoms with Gasteiger partial charge in [-0.05, 0) is 48.7 Å². The Morgan fingerprint density at radius 2 is 1.48 bits per heavy atom. The van der Waals surface area contributed by atoms with Crippen molar-refractivity contribution in [1.29, 1.82) is 0 Å². The summed E-state index contributed by atoms with van der Waals surface area (Å²) in [5, 5.41) is 0. The van der Waals surface area contributed by atoms with E-state index in [9.17, 15) is 4.79 Å². The molecule has 0 aliphatic rings. The van der Waals surface area contributed by atoms with Crippen molar-refractivity contribution >= 4 is 5.78 Å². The van der Waals surface area contributed by atoms with E-state index in [1.807, 2.05) is 47.2 Å². The average molecular weight is 405 g/mol. The Hall–Kier alpha value is -1.64. The zero-order valence-electron chi connectivity index (χ0n) is 14.8. The van der Waals surface area contributed by atoms with Crippen molar-refractivity contribution < 1.29 is 42.1 Å². The number of aromatic nitrogens is 1. The molecule has 0 aliphatic carbocycles. The molecule has 3 rings (SSSR count). The summed E-state index contributed by atoms with van der Waals surface area (Å²) < 4.78 is 2.03. The van der Waals surface area contributed by atoms with Crippen molar-refractivity contribution in [3.05, 3.63) is 89.6 Å². The Morgan fingerprint density at radius 1 is 0.840 bits per heavy atom. The molecule has 0 amide bonds. The fraction of sp³-hybridized carbons (Fsp3) is 0.182. The van der Waals surface area contributed by atoms with Crippen LogP contribution in [-0.2, 0) is 50.5 Å². The van der Waals surface area contributed by atoms with E-state index in [0.717, 1.165) is 16.8 Å². The summed E-state index contributed by atoms with van der Waals surface area (Å²) in [6, 6.07) is 22.4. The molecule has 0 N–H and O–H groups in total. The Labute approximate surface area is 174 Å². The topological polar surface area (TPSA) is 20.9 Å². The van der Waals surface area contributed by atoms with E-state index in [-0.39, 0.29) is 38.5 Å². The van der Waals surface area contributed by atoms with Gasteiger partial charge in [-0.1, -0.05) is 36.4 Å². The molecule has 0 spiro atoms. The Balaban J connectivity index is 0.00000225. The maximum absolute atomic E-state index is 12.6. The van der Waals surface area contributed by atoms with Gasteiger partial charge in [0, 0.05) is 56.8 Å². The molecule has 123 valence electrons. The summed E-state index contributed by atoms with van der Waals surface area (Å²) in [6.45, 7) is 4.53. The van der Waals surface area contributed by atoms with Gasteiger partial charge in [-0.3, -0.25) is 4.79 Å².